The number of esters is 1. The van der Waals surface area contributed by atoms with Gasteiger partial charge in [-0.3, -0.25) is 19.2 Å². The number of nitrogens with zero attached hydrogens (tertiary/aromatic N) is 2. The smallest absolute Gasteiger partial charge is 0.306 e. The summed E-state index contributed by atoms with van der Waals surface area (Å²) in [4.78, 5) is 53.2. The minimum Gasteiger partial charge on any atom is -0.481 e. The van der Waals surface area contributed by atoms with Gasteiger partial charge < -0.3 is 25.0 Å². The molecular formula is C43H79N3O6. The van der Waals surface area contributed by atoms with E-state index < -0.39 is 11.4 Å². The third-order valence-electron chi connectivity index (χ3n) is 10.2. The molecule has 0 unspecified atom stereocenters. The van der Waals surface area contributed by atoms with Crippen molar-refractivity contribution in [3.8, 4) is 0 Å². The Balaban J connectivity index is 2.53. The Morgan fingerprint density at radius 2 is 1.06 bits per heavy atom. The quantitative estimate of drug-likeness (QED) is 0.0389. The molecule has 9 heteroatoms. The average molecular weight is 734 g/mol. The first kappa shape index (κ1) is 47.6. The highest BCUT2D eigenvalue weighted by Crippen LogP contribution is 2.23. The summed E-state index contributed by atoms with van der Waals surface area (Å²) < 4.78 is 6.03. The van der Waals surface area contributed by atoms with E-state index in [-0.39, 0.29) is 23.9 Å². The van der Waals surface area contributed by atoms with E-state index in [9.17, 15) is 19.2 Å². The molecule has 0 heterocycles. The van der Waals surface area contributed by atoms with Crippen LogP contribution in [0.1, 0.15) is 194 Å². The van der Waals surface area contributed by atoms with Crippen LogP contribution in [0.25, 0.3) is 0 Å². The van der Waals surface area contributed by atoms with Crippen LogP contribution in [0.3, 0.4) is 0 Å². The predicted molar refractivity (Wildman–Crippen MR) is 219 cm³/mol. The molecule has 0 bridgehead atoms. The van der Waals surface area contributed by atoms with Crippen LogP contribution in [0.2, 0.25) is 0 Å². The Morgan fingerprint density at radius 1 is 0.596 bits per heavy atom. The van der Waals surface area contributed by atoms with Gasteiger partial charge in [-0.1, -0.05) is 117 Å². The van der Waals surface area contributed by atoms with Gasteiger partial charge in [-0.25, -0.2) is 0 Å². The van der Waals surface area contributed by atoms with Crippen LogP contribution in [0.5, 0.6) is 0 Å². The van der Waals surface area contributed by atoms with Crippen molar-refractivity contribution in [3.63, 3.8) is 0 Å². The zero-order valence-electron chi connectivity index (χ0n) is 34.1. The van der Waals surface area contributed by atoms with Gasteiger partial charge in [0.05, 0.1) is 0 Å². The first-order valence-corrected chi connectivity index (χ1v) is 21.6. The van der Waals surface area contributed by atoms with E-state index in [0.29, 0.717) is 37.3 Å². The van der Waals surface area contributed by atoms with E-state index in [0.717, 1.165) is 109 Å². The number of ether oxygens (including phenoxy) is 1. The van der Waals surface area contributed by atoms with Gasteiger partial charge in [-0.2, -0.15) is 0 Å². The Hall–Kier alpha value is -2.42. The fraction of sp³-hybridized carbons (Fsp3) is 0.860. The highest BCUT2D eigenvalue weighted by molar-refractivity contribution is 5.75. The van der Waals surface area contributed by atoms with Crippen molar-refractivity contribution in [1.29, 1.82) is 0 Å². The largest absolute Gasteiger partial charge is 0.481 e. The second kappa shape index (κ2) is 32.0. The molecule has 0 saturated heterocycles. The first-order valence-electron chi connectivity index (χ1n) is 21.6. The topological polar surface area (TPSA) is 116 Å². The standard InChI is InChI=1S/C43H79N3O6/c1-5-7-9-11-15-21-29-37(30-22-16-12-10-8-6-2)52-39(49)32-24-18-14-20-27-36-46(35-26-19-13-17-23-31-38(47)48)41-40(42(50)43(41)51)44-33-25-28-34-45(3)4/h37,44H,5-36H2,1-4H3,(H,47,48). The maximum absolute atomic E-state index is 12.8. The fourth-order valence-electron chi connectivity index (χ4n) is 6.97. The summed E-state index contributed by atoms with van der Waals surface area (Å²) in [6.45, 7) is 7.58. The van der Waals surface area contributed by atoms with Crippen molar-refractivity contribution in [1.82, 2.24) is 4.90 Å². The summed E-state index contributed by atoms with van der Waals surface area (Å²) >= 11 is 0. The number of carbonyl (C=O) groups excluding carboxylic acids is 1. The molecule has 0 spiro atoms. The van der Waals surface area contributed by atoms with E-state index >= 15 is 0 Å². The van der Waals surface area contributed by atoms with E-state index in [1.54, 1.807) is 0 Å². The highest BCUT2D eigenvalue weighted by Gasteiger charge is 2.25. The lowest BCUT2D eigenvalue weighted by Gasteiger charge is -2.28. The van der Waals surface area contributed by atoms with E-state index in [1.807, 2.05) is 14.1 Å². The second-order valence-corrected chi connectivity index (χ2v) is 15.5. The molecule has 1 rings (SSSR count). The van der Waals surface area contributed by atoms with Crippen molar-refractivity contribution >= 4 is 23.3 Å². The maximum Gasteiger partial charge on any atom is 0.306 e. The summed E-state index contributed by atoms with van der Waals surface area (Å²) in [5.74, 6) is -0.794. The molecule has 52 heavy (non-hydrogen) atoms. The van der Waals surface area contributed by atoms with Crippen molar-refractivity contribution < 1.29 is 19.4 Å². The summed E-state index contributed by atoms with van der Waals surface area (Å²) in [5, 5.41) is 12.1. The van der Waals surface area contributed by atoms with Gasteiger partial charge in [0.1, 0.15) is 17.5 Å². The number of carbonyl (C=O) groups is 2. The summed E-state index contributed by atoms with van der Waals surface area (Å²) in [5.41, 5.74) is 0.222. The molecule has 2 N–H and O–H groups in total. The molecule has 0 aliphatic heterocycles. The number of carboxylic acids is 1. The lowest BCUT2D eigenvalue weighted by molar-refractivity contribution is -0.150. The molecule has 0 saturated carbocycles. The molecule has 1 aromatic rings. The monoisotopic (exact) mass is 734 g/mol. The number of hydrogen-bond donors (Lipinski definition) is 2. The molecule has 0 fully saturated rings. The van der Waals surface area contributed by atoms with Gasteiger partial charge >= 0.3 is 11.9 Å². The molecule has 0 aromatic heterocycles. The van der Waals surface area contributed by atoms with Gasteiger partial charge in [-0.05, 0) is 84.8 Å². The third-order valence-corrected chi connectivity index (χ3v) is 10.2. The highest BCUT2D eigenvalue weighted by atomic mass is 16.5. The van der Waals surface area contributed by atoms with Gasteiger partial charge in [0, 0.05) is 32.5 Å². The van der Waals surface area contributed by atoms with E-state index in [4.69, 9.17) is 9.84 Å². The lowest BCUT2D eigenvalue weighted by Crippen LogP contribution is -2.43. The molecule has 0 aliphatic rings. The van der Waals surface area contributed by atoms with Crippen LogP contribution in [0, 0.1) is 0 Å². The molecule has 302 valence electrons. The summed E-state index contributed by atoms with van der Waals surface area (Å²) in [6, 6.07) is 0. The summed E-state index contributed by atoms with van der Waals surface area (Å²) in [7, 11) is 4.09. The van der Waals surface area contributed by atoms with Crippen molar-refractivity contribution in [2.24, 2.45) is 0 Å². The maximum atomic E-state index is 12.8. The minimum atomic E-state index is -0.751. The van der Waals surface area contributed by atoms with Gasteiger partial charge in [0.2, 0.25) is 0 Å². The number of nitrogens with one attached hydrogen (secondary N) is 1. The predicted octanol–water partition coefficient (Wildman–Crippen LogP) is 10.0. The Kier molecular flexibility index (Phi) is 29.3. The number of anilines is 2. The normalized spacial score (nSPS) is 11.6. The van der Waals surface area contributed by atoms with Crippen molar-refractivity contribution in [2.45, 2.75) is 200 Å². The average Bonchev–Trinajstić information content (AvgIpc) is 3.11. The van der Waals surface area contributed by atoms with Crippen LogP contribution in [-0.2, 0) is 14.3 Å². The van der Waals surface area contributed by atoms with Gasteiger partial charge in [0.25, 0.3) is 10.9 Å². The van der Waals surface area contributed by atoms with Crippen molar-refractivity contribution in [3.05, 3.63) is 20.4 Å². The molecule has 0 amide bonds. The molecule has 0 aliphatic carbocycles. The van der Waals surface area contributed by atoms with E-state index in [1.165, 1.54) is 64.2 Å². The Morgan fingerprint density at radius 3 is 1.58 bits per heavy atom. The zero-order valence-corrected chi connectivity index (χ0v) is 34.1. The Bertz CT molecular complexity index is 1080. The molecular weight excluding hydrogens is 654 g/mol. The van der Waals surface area contributed by atoms with Gasteiger partial charge in [-0.15, -0.1) is 0 Å². The number of aliphatic carboxylic acids is 1. The molecule has 0 radical (unpaired) electrons. The van der Waals surface area contributed by atoms with Crippen molar-refractivity contribution in [2.75, 3.05) is 50.5 Å². The van der Waals surface area contributed by atoms with E-state index in [2.05, 4.69) is 29.0 Å². The van der Waals surface area contributed by atoms with Crippen LogP contribution in [-0.4, -0.2) is 68.3 Å². The summed E-state index contributed by atoms with van der Waals surface area (Å²) in [6.07, 6.45) is 28.9. The second-order valence-electron chi connectivity index (χ2n) is 15.5. The molecule has 0 atom stereocenters. The third kappa shape index (κ3) is 24.0. The van der Waals surface area contributed by atoms with Crippen LogP contribution < -0.4 is 21.1 Å². The number of carboxylic acid groups (broad SMARTS) is 1. The SMILES string of the molecule is CCCCCCCCC(CCCCCCCC)OC(=O)CCCCCCCN(CCCCCCCC(=O)O)c1c(NCCCCN(C)C)c(=O)c1=O. The van der Waals surface area contributed by atoms with Crippen LogP contribution >= 0.6 is 0 Å². The zero-order chi connectivity index (χ0) is 38.2. The van der Waals surface area contributed by atoms with Crippen LogP contribution in [0.4, 0.5) is 11.4 Å². The van der Waals surface area contributed by atoms with Crippen LogP contribution in [0.15, 0.2) is 9.59 Å². The lowest BCUT2D eigenvalue weighted by atomic mass is 10.0. The fourth-order valence-corrected chi connectivity index (χ4v) is 6.97. The minimum absolute atomic E-state index is 0.0436. The molecule has 9 nitrogen and oxygen atoms in total. The number of unbranched alkanes of at least 4 members (excludes halogenated alkanes) is 19. The Labute approximate surface area is 317 Å². The first-order chi connectivity index (χ1) is 25.2. The number of rotatable bonds is 38. The van der Waals surface area contributed by atoms with Gasteiger partial charge in [0.15, 0.2) is 0 Å². The number of hydrogen-bond acceptors (Lipinski definition) is 8. The molecule has 1 aromatic carbocycles.